The molecule has 0 aromatic heterocycles. The van der Waals surface area contributed by atoms with Crippen LogP contribution in [0.5, 0.6) is 0 Å². The first-order valence-corrected chi connectivity index (χ1v) is 8.40. The lowest BCUT2D eigenvalue weighted by molar-refractivity contribution is 0.263. The summed E-state index contributed by atoms with van der Waals surface area (Å²) in [5, 5.41) is 7.27. The van der Waals surface area contributed by atoms with Crippen LogP contribution < -0.4 is 5.73 Å². The van der Waals surface area contributed by atoms with Crippen LogP contribution in [0.4, 0.5) is 0 Å². The molecule has 2 fully saturated rings. The normalized spacial score (nSPS) is 22.8. The molecule has 2 rings (SSSR count). The van der Waals surface area contributed by atoms with Crippen molar-refractivity contribution in [1.82, 2.24) is 8.61 Å². The molecule has 3 N–H and O–H groups in total. The van der Waals surface area contributed by atoms with Gasteiger partial charge < -0.3 is 5.73 Å². The highest BCUT2D eigenvalue weighted by atomic mass is 32.2. The Hall–Kier alpha value is -0.660. The third-order valence-electron chi connectivity index (χ3n) is 3.92. The van der Waals surface area contributed by atoms with Crippen molar-refractivity contribution in [2.45, 2.75) is 45.1 Å². The molecular formula is C12H24N4O2S. The second-order valence-electron chi connectivity index (χ2n) is 5.71. The summed E-state index contributed by atoms with van der Waals surface area (Å²) in [6, 6.07) is 0.128. The molecule has 2 aliphatic rings. The van der Waals surface area contributed by atoms with Gasteiger partial charge in [-0.15, -0.1) is 0 Å². The van der Waals surface area contributed by atoms with Gasteiger partial charge in [0.05, 0.1) is 5.84 Å². The van der Waals surface area contributed by atoms with Crippen molar-refractivity contribution in [1.29, 1.82) is 5.41 Å². The second-order valence-corrected chi connectivity index (χ2v) is 7.59. The van der Waals surface area contributed by atoms with E-state index in [1.807, 2.05) is 0 Å². The van der Waals surface area contributed by atoms with Crippen LogP contribution in [0, 0.1) is 11.3 Å². The van der Waals surface area contributed by atoms with Gasteiger partial charge in [0.15, 0.2) is 0 Å². The van der Waals surface area contributed by atoms with Gasteiger partial charge >= 0.3 is 0 Å². The smallest absolute Gasteiger partial charge is 0.282 e. The third-order valence-corrected chi connectivity index (χ3v) is 6.01. The summed E-state index contributed by atoms with van der Waals surface area (Å²) in [5.74, 6) is 0.658. The van der Waals surface area contributed by atoms with Gasteiger partial charge in [0.25, 0.3) is 10.2 Å². The lowest BCUT2D eigenvalue weighted by atomic mass is 10.0. The SMILES string of the molecule is CC1CCN(S(=O)(=O)N(CCC(=N)N)C2CC2)CC1. The molecule has 0 spiro atoms. The van der Waals surface area contributed by atoms with E-state index in [1.54, 1.807) is 8.61 Å². The van der Waals surface area contributed by atoms with Gasteiger partial charge in [-0.2, -0.15) is 17.0 Å². The number of hydrogen-bond acceptors (Lipinski definition) is 3. The quantitative estimate of drug-likeness (QED) is 0.558. The lowest BCUT2D eigenvalue weighted by Gasteiger charge is -2.34. The van der Waals surface area contributed by atoms with Gasteiger partial charge in [0.2, 0.25) is 0 Å². The average Bonchev–Trinajstić information content (AvgIpc) is 3.13. The molecule has 0 amide bonds. The fourth-order valence-corrected chi connectivity index (χ4v) is 4.32. The molecule has 19 heavy (non-hydrogen) atoms. The minimum atomic E-state index is -3.37. The number of hydrogen-bond donors (Lipinski definition) is 2. The largest absolute Gasteiger partial charge is 0.388 e. The van der Waals surface area contributed by atoms with Gasteiger partial charge in [0, 0.05) is 32.1 Å². The van der Waals surface area contributed by atoms with Crippen LogP contribution in [0.25, 0.3) is 0 Å². The molecule has 1 saturated heterocycles. The van der Waals surface area contributed by atoms with Crippen LogP contribution in [0.2, 0.25) is 0 Å². The third kappa shape index (κ3) is 3.67. The number of nitrogens with one attached hydrogen (secondary N) is 1. The van der Waals surface area contributed by atoms with Crippen molar-refractivity contribution >= 4 is 16.0 Å². The monoisotopic (exact) mass is 288 g/mol. The molecular weight excluding hydrogens is 264 g/mol. The number of piperidine rings is 1. The maximum absolute atomic E-state index is 12.6. The molecule has 0 bridgehead atoms. The summed E-state index contributed by atoms with van der Waals surface area (Å²) in [4.78, 5) is 0. The zero-order valence-electron chi connectivity index (χ0n) is 11.5. The minimum Gasteiger partial charge on any atom is -0.388 e. The molecule has 1 aliphatic heterocycles. The molecule has 0 atom stereocenters. The first-order valence-electron chi connectivity index (χ1n) is 7.01. The molecule has 0 aromatic carbocycles. The van der Waals surface area contributed by atoms with Crippen LogP contribution in [-0.2, 0) is 10.2 Å². The van der Waals surface area contributed by atoms with Crippen molar-refractivity contribution in [3.8, 4) is 0 Å². The Labute approximate surface area is 115 Å². The van der Waals surface area contributed by atoms with Crippen molar-refractivity contribution in [3.63, 3.8) is 0 Å². The van der Waals surface area contributed by atoms with Crippen LogP contribution in [-0.4, -0.2) is 48.5 Å². The zero-order chi connectivity index (χ0) is 14.0. The van der Waals surface area contributed by atoms with Gasteiger partial charge in [-0.3, -0.25) is 5.41 Å². The lowest BCUT2D eigenvalue weighted by Crippen LogP contribution is -2.48. The van der Waals surface area contributed by atoms with Crippen molar-refractivity contribution in [3.05, 3.63) is 0 Å². The summed E-state index contributed by atoms with van der Waals surface area (Å²) in [6.07, 6.45) is 4.05. The summed E-state index contributed by atoms with van der Waals surface area (Å²) in [7, 11) is -3.37. The van der Waals surface area contributed by atoms with Crippen LogP contribution >= 0.6 is 0 Å². The molecule has 0 aromatic rings. The van der Waals surface area contributed by atoms with E-state index < -0.39 is 10.2 Å². The second kappa shape index (κ2) is 5.76. The molecule has 110 valence electrons. The van der Waals surface area contributed by atoms with Crippen LogP contribution in [0.15, 0.2) is 0 Å². The van der Waals surface area contributed by atoms with Crippen molar-refractivity contribution in [2.24, 2.45) is 11.7 Å². The Morgan fingerprint density at radius 2 is 1.89 bits per heavy atom. The van der Waals surface area contributed by atoms with E-state index in [2.05, 4.69) is 6.92 Å². The molecule has 6 nitrogen and oxygen atoms in total. The van der Waals surface area contributed by atoms with Gasteiger partial charge in [-0.25, -0.2) is 0 Å². The zero-order valence-corrected chi connectivity index (χ0v) is 12.3. The van der Waals surface area contributed by atoms with E-state index in [1.165, 1.54) is 0 Å². The van der Waals surface area contributed by atoms with E-state index >= 15 is 0 Å². The van der Waals surface area contributed by atoms with Crippen molar-refractivity contribution < 1.29 is 8.42 Å². The average molecular weight is 288 g/mol. The summed E-state index contributed by atoms with van der Waals surface area (Å²) >= 11 is 0. The van der Waals surface area contributed by atoms with E-state index in [9.17, 15) is 8.42 Å². The highest BCUT2D eigenvalue weighted by Gasteiger charge is 2.40. The van der Waals surface area contributed by atoms with E-state index in [4.69, 9.17) is 11.1 Å². The molecule has 1 saturated carbocycles. The topological polar surface area (TPSA) is 90.5 Å². The molecule has 0 radical (unpaired) electrons. The first-order chi connectivity index (χ1) is 8.91. The summed E-state index contributed by atoms with van der Waals surface area (Å²) < 4.78 is 28.4. The molecule has 1 aliphatic carbocycles. The highest BCUT2D eigenvalue weighted by Crippen LogP contribution is 2.32. The Balaban J connectivity index is 2.04. The Morgan fingerprint density at radius 3 is 2.37 bits per heavy atom. The molecule has 1 heterocycles. The fourth-order valence-electron chi connectivity index (χ4n) is 2.44. The van der Waals surface area contributed by atoms with E-state index in [-0.39, 0.29) is 11.9 Å². The van der Waals surface area contributed by atoms with Gasteiger partial charge in [-0.05, 0) is 31.6 Å². The van der Waals surface area contributed by atoms with Gasteiger partial charge in [0.1, 0.15) is 0 Å². The first kappa shape index (κ1) is 14.7. The number of nitrogens with zero attached hydrogens (tertiary/aromatic N) is 2. The maximum atomic E-state index is 12.6. The molecule has 0 unspecified atom stereocenters. The predicted molar refractivity (Wildman–Crippen MR) is 75.1 cm³/mol. The van der Waals surface area contributed by atoms with Crippen LogP contribution in [0.3, 0.4) is 0 Å². The Bertz CT molecular complexity index is 425. The predicted octanol–water partition coefficient (Wildman–Crippen LogP) is 0.754. The highest BCUT2D eigenvalue weighted by molar-refractivity contribution is 7.86. The van der Waals surface area contributed by atoms with E-state index in [0.29, 0.717) is 32.0 Å². The maximum Gasteiger partial charge on any atom is 0.282 e. The summed E-state index contributed by atoms with van der Waals surface area (Å²) in [6.45, 7) is 3.74. The van der Waals surface area contributed by atoms with Gasteiger partial charge in [-0.1, -0.05) is 6.92 Å². The van der Waals surface area contributed by atoms with E-state index in [0.717, 1.165) is 25.7 Å². The number of nitrogens with two attached hydrogens (primary N) is 1. The summed E-state index contributed by atoms with van der Waals surface area (Å²) in [5.41, 5.74) is 5.35. The Morgan fingerprint density at radius 1 is 1.32 bits per heavy atom. The standard InChI is InChI=1S/C12H24N4O2S/c1-10-4-7-15(8-5-10)19(17,18)16(11-2-3-11)9-6-12(13)14/h10-11H,2-9H2,1H3,(H3,13,14). The van der Waals surface area contributed by atoms with Crippen molar-refractivity contribution in [2.75, 3.05) is 19.6 Å². The fraction of sp³-hybridized carbons (Fsp3) is 0.917. The Kier molecular flexibility index (Phi) is 4.47. The number of amidine groups is 1. The van der Waals surface area contributed by atoms with Crippen LogP contribution in [0.1, 0.15) is 39.0 Å². The number of rotatable bonds is 6. The molecule has 7 heteroatoms. The minimum absolute atomic E-state index is 0.0492.